The SMILES string of the molecule is Cc1nn(Cc2ccc(Cl)cc2Cl)c(C)c1NC(=O)Cn1nc(C)c2c(C(F)F)cc(-c3cnn(C)c3)nc21. The molecule has 1 N–H and O–H groups in total. The quantitative estimate of drug-likeness (QED) is 0.262. The maximum atomic E-state index is 14.0. The van der Waals surface area contributed by atoms with Gasteiger partial charge in [0, 0.05) is 34.4 Å². The Labute approximate surface area is 232 Å². The van der Waals surface area contributed by atoms with Crippen molar-refractivity contribution in [2.24, 2.45) is 7.05 Å². The van der Waals surface area contributed by atoms with E-state index in [9.17, 15) is 13.6 Å². The van der Waals surface area contributed by atoms with Gasteiger partial charge < -0.3 is 5.32 Å². The van der Waals surface area contributed by atoms with Crippen LogP contribution >= 0.6 is 23.2 Å². The van der Waals surface area contributed by atoms with Crippen LogP contribution in [0, 0.1) is 20.8 Å². The maximum absolute atomic E-state index is 14.0. The number of fused-ring (bicyclic) bond motifs is 1. The number of halogens is 4. The number of hydrogen-bond donors (Lipinski definition) is 1. The molecule has 0 spiro atoms. The molecule has 0 aliphatic carbocycles. The van der Waals surface area contributed by atoms with E-state index >= 15 is 0 Å². The molecule has 5 aromatic rings. The summed E-state index contributed by atoms with van der Waals surface area (Å²) in [6.07, 6.45) is 0.482. The fraction of sp³-hybridized carbons (Fsp3) is 0.269. The number of alkyl halides is 2. The van der Waals surface area contributed by atoms with Gasteiger partial charge >= 0.3 is 0 Å². The second-order valence-corrected chi connectivity index (χ2v) is 10.1. The Hall–Kier alpha value is -3.83. The highest BCUT2D eigenvalue weighted by atomic mass is 35.5. The number of aromatic nitrogens is 7. The third-order valence-electron chi connectivity index (χ3n) is 6.42. The summed E-state index contributed by atoms with van der Waals surface area (Å²) in [6, 6.07) is 6.58. The predicted octanol–water partition coefficient (Wildman–Crippen LogP) is 5.88. The van der Waals surface area contributed by atoms with E-state index in [0.29, 0.717) is 44.9 Å². The Morgan fingerprint density at radius 1 is 1.08 bits per heavy atom. The van der Waals surface area contributed by atoms with Crippen LogP contribution in [0.4, 0.5) is 14.5 Å². The van der Waals surface area contributed by atoms with E-state index in [-0.39, 0.29) is 23.1 Å². The highest BCUT2D eigenvalue weighted by Crippen LogP contribution is 2.33. The van der Waals surface area contributed by atoms with Crippen LogP contribution < -0.4 is 5.32 Å². The highest BCUT2D eigenvalue weighted by molar-refractivity contribution is 6.35. The standard InChI is InChI=1S/C26H24Cl2F2N8O/c1-13-23-19(25(29)30)8-21(17-9-31-36(4)10-17)32-26(23)38(34-13)12-22(39)33-24-14(2)35-37(15(24)3)11-16-5-6-18(27)7-20(16)28/h5-10,25H,11-12H2,1-4H3,(H,33,39). The van der Waals surface area contributed by atoms with Crippen molar-refractivity contribution < 1.29 is 13.6 Å². The second-order valence-electron chi connectivity index (χ2n) is 9.23. The van der Waals surface area contributed by atoms with Crippen LogP contribution in [0.5, 0.6) is 0 Å². The van der Waals surface area contributed by atoms with Gasteiger partial charge in [0.1, 0.15) is 6.54 Å². The summed E-state index contributed by atoms with van der Waals surface area (Å²) in [6.45, 7) is 5.40. The molecule has 0 unspecified atom stereocenters. The fourth-order valence-electron chi connectivity index (χ4n) is 4.53. The highest BCUT2D eigenvalue weighted by Gasteiger charge is 2.23. The van der Waals surface area contributed by atoms with E-state index in [0.717, 1.165) is 11.3 Å². The van der Waals surface area contributed by atoms with Crippen molar-refractivity contribution in [1.82, 2.24) is 34.3 Å². The lowest BCUT2D eigenvalue weighted by atomic mass is 10.1. The molecule has 1 aromatic carbocycles. The molecule has 1 amide bonds. The number of carbonyl (C=O) groups excluding carboxylic acids is 1. The topological polar surface area (TPSA) is 95.5 Å². The molecule has 202 valence electrons. The maximum Gasteiger partial charge on any atom is 0.264 e. The van der Waals surface area contributed by atoms with Gasteiger partial charge in [-0.1, -0.05) is 29.3 Å². The van der Waals surface area contributed by atoms with Gasteiger partial charge in [0.2, 0.25) is 5.91 Å². The molecule has 0 aliphatic heterocycles. The van der Waals surface area contributed by atoms with Gasteiger partial charge in [-0.05, 0) is 44.5 Å². The Kier molecular flexibility index (Phi) is 7.13. The van der Waals surface area contributed by atoms with Gasteiger partial charge in [-0.15, -0.1) is 0 Å². The number of nitrogens with one attached hydrogen (secondary N) is 1. The molecule has 4 aromatic heterocycles. The summed E-state index contributed by atoms with van der Waals surface area (Å²) in [5, 5.41) is 17.2. The minimum absolute atomic E-state index is 0.195. The van der Waals surface area contributed by atoms with Crippen molar-refractivity contribution in [3.8, 4) is 11.3 Å². The van der Waals surface area contributed by atoms with Gasteiger partial charge in [0.15, 0.2) is 5.65 Å². The summed E-state index contributed by atoms with van der Waals surface area (Å²) >= 11 is 12.3. The van der Waals surface area contributed by atoms with E-state index < -0.39 is 12.3 Å². The number of amides is 1. The largest absolute Gasteiger partial charge is 0.321 e. The molecule has 39 heavy (non-hydrogen) atoms. The summed E-state index contributed by atoms with van der Waals surface area (Å²) in [7, 11) is 1.73. The van der Waals surface area contributed by atoms with Crippen molar-refractivity contribution in [1.29, 1.82) is 0 Å². The molecule has 0 saturated heterocycles. The molecule has 0 aliphatic rings. The van der Waals surface area contributed by atoms with Crippen molar-refractivity contribution in [3.05, 3.63) is 74.9 Å². The molecule has 0 atom stereocenters. The van der Waals surface area contributed by atoms with Crippen LogP contribution in [0.3, 0.4) is 0 Å². The normalized spacial score (nSPS) is 11.6. The van der Waals surface area contributed by atoms with Crippen molar-refractivity contribution in [3.63, 3.8) is 0 Å². The van der Waals surface area contributed by atoms with E-state index in [1.807, 2.05) is 13.0 Å². The molecule has 4 heterocycles. The second kappa shape index (κ2) is 10.4. The van der Waals surface area contributed by atoms with Crippen LogP contribution in [-0.4, -0.2) is 40.2 Å². The van der Waals surface area contributed by atoms with Gasteiger partial charge in [0.05, 0.1) is 46.6 Å². The lowest BCUT2D eigenvalue weighted by Gasteiger charge is -2.10. The zero-order chi connectivity index (χ0) is 28.0. The summed E-state index contributed by atoms with van der Waals surface area (Å²) in [5.41, 5.74) is 3.98. The number of aryl methyl sites for hydroxylation is 3. The molecular formula is C26H24Cl2F2N8O. The first-order valence-corrected chi connectivity index (χ1v) is 12.7. The van der Waals surface area contributed by atoms with Gasteiger partial charge in [-0.3, -0.25) is 14.2 Å². The number of hydrogen-bond acceptors (Lipinski definition) is 5. The number of rotatable bonds is 7. The number of carbonyl (C=O) groups is 1. The van der Waals surface area contributed by atoms with E-state index in [1.54, 1.807) is 54.8 Å². The monoisotopic (exact) mass is 572 g/mol. The third kappa shape index (κ3) is 5.24. The summed E-state index contributed by atoms with van der Waals surface area (Å²) < 4.78 is 32.7. The van der Waals surface area contributed by atoms with Gasteiger partial charge in [-0.2, -0.15) is 15.3 Å². The Morgan fingerprint density at radius 3 is 2.49 bits per heavy atom. The average molecular weight is 573 g/mol. The van der Waals surface area contributed by atoms with Crippen molar-refractivity contribution >= 4 is 45.8 Å². The third-order valence-corrected chi connectivity index (χ3v) is 7.01. The number of benzene rings is 1. The first-order chi connectivity index (χ1) is 18.5. The molecule has 0 radical (unpaired) electrons. The van der Waals surface area contributed by atoms with Crippen LogP contribution in [0.25, 0.3) is 22.3 Å². The average Bonchev–Trinajstić information content (AvgIpc) is 3.52. The number of pyridine rings is 1. The fourth-order valence-corrected chi connectivity index (χ4v) is 5.00. The summed E-state index contributed by atoms with van der Waals surface area (Å²) in [5.74, 6) is -0.401. The van der Waals surface area contributed by atoms with Gasteiger partial charge in [-0.25, -0.2) is 18.4 Å². The minimum Gasteiger partial charge on any atom is -0.321 e. The van der Waals surface area contributed by atoms with Crippen LogP contribution in [0.2, 0.25) is 10.0 Å². The van der Waals surface area contributed by atoms with Gasteiger partial charge in [0.25, 0.3) is 6.43 Å². The molecule has 0 saturated carbocycles. The first-order valence-electron chi connectivity index (χ1n) is 11.9. The molecule has 5 rings (SSSR count). The first kappa shape index (κ1) is 26.8. The molecule has 9 nitrogen and oxygen atoms in total. The van der Waals surface area contributed by atoms with Crippen LogP contribution in [0.15, 0.2) is 36.7 Å². The van der Waals surface area contributed by atoms with Crippen molar-refractivity contribution in [2.45, 2.75) is 40.3 Å². The number of nitrogens with zero attached hydrogens (tertiary/aromatic N) is 7. The molecule has 13 heteroatoms. The van der Waals surface area contributed by atoms with Crippen LogP contribution in [-0.2, 0) is 24.9 Å². The smallest absolute Gasteiger partial charge is 0.264 e. The molecule has 0 fully saturated rings. The number of anilines is 1. The van der Waals surface area contributed by atoms with E-state index in [1.165, 1.54) is 10.7 Å². The van der Waals surface area contributed by atoms with Crippen LogP contribution in [0.1, 0.15) is 34.6 Å². The van der Waals surface area contributed by atoms with Crippen molar-refractivity contribution in [2.75, 3.05) is 5.32 Å². The lowest BCUT2D eigenvalue weighted by molar-refractivity contribution is -0.116. The Bertz CT molecular complexity index is 1720. The minimum atomic E-state index is -2.75. The lowest BCUT2D eigenvalue weighted by Crippen LogP contribution is -2.20. The van der Waals surface area contributed by atoms with E-state index in [4.69, 9.17) is 23.2 Å². The molecule has 0 bridgehead atoms. The Balaban J connectivity index is 1.44. The molecular weight excluding hydrogens is 549 g/mol. The summed E-state index contributed by atoms with van der Waals surface area (Å²) in [4.78, 5) is 17.7. The zero-order valence-corrected chi connectivity index (χ0v) is 23.0. The van der Waals surface area contributed by atoms with E-state index in [2.05, 4.69) is 25.6 Å². The zero-order valence-electron chi connectivity index (χ0n) is 21.5. The predicted molar refractivity (Wildman–Crippen MR) is 145 cm³/mol. The Morgan fingerprint density at radius 2 is 1.82 bits per heavy atom.